The second-order valence-corrected chi connectivity index (χ2v) is 5.40. The Morgan fingerprint density at radius 3 is 2.88 bits per heavy atom. The normalized spacial score (nSPS) is 20.2. The molecule has 0 spiro atoms. The molecule has 3 nitrogen and oxygen atoms in total. The summed E-state index contributed by atoms with van der Waals surface area (Å²) in [5, 5.41) is 4.04. The third-order valence-corrected chi connectivity index (χ3v) is 3.13. The van der Waals surface area contributed by atoms with E-state index < -0.39 is 0 Å². The summed E-state index contributed by atoms with van der Waals surface area (Å²) in [5.74, 6) is 0. The highest BCUT2D eigenvalue weighted by atomic mass is 35.5. The van der Waals surface area contributed by atoms with Crippen molar-refractivity contribution >= 4 is 11.6 Å². The Morgan fingerprint density at radius 2 is 2.31 bits per heavy atom. The molecule has 0 amide bonds. The minimum atomic E-state index is 0.248. The monoisotopic (exact) mass is 239 g/mol. The highest BCUT2D eigenvalue weighted by Crippen LogP contribution is 2.13. The Morgan fingerprint density at radius 1 is 1.50 bits per heavy atom. The van der Waals surface area contributed by atoms with Crippen molar-refractivity contribution in [3.8, 4) is 0 Å². The Kier molecular flexibility index (Phi) is 3.47. The molecule has 2 heterocycles. The van der Waals surface area contributed by atoms with Crippen LogP contribution in [0.15, 0.2) is 18.3 Å². The van der Waals surface area contributed by atoms with Crippen molar-refractivity contribution in [1.82, 2.24) is 15.2 Å². The van der Waals surface area contributed by atoms with E-state index in [0.717, 1.165) is 26.2 Å². The maximum Gasteiger partial charge on any atom is 0.129 e. The Hall–Kier alpha value is -0.640. The number of nitrogens with zero attached hydrogens (tertiary/aromatic N) is 2. The van der Waals surface area contributed by atoms with E-state index >= 15 is 0 Å². The van der Waals surface area contributed by atoms with Gasteiger partial charge in [-0.15, -0.1) is 0 Å². The third-order valence-electron chi connectivity index (χ3n) is 2.91. The summed E-state index contributed by atoms with van der Waals surface area (Å²) in [4.78, 5) is 6.51. The predicted molar refractivity (Wildman–Crippen MR) is 66.6 cm³/mol. The molecule has 2 rings (SSSR count). The summed E-state index contributed by atoms with van der Waals surface area (Å²) in [6.07, 6.45) is 2.89. The van der Waals surface area contributed by atoms with Gasteiger partial charge in [-0.2, -0.15) is 0 Å². The van der Waals surface area contributed by atoms with Crippen LogP contribution in [0.3, 0.4) is 0 Å². The molecule has 1 fully saturated rings. The molecule has 0 aliphatic carbocycles. The van der Waals surface area contributed by atoms with Gasteiger partial charge < -0.3 is 0 Å². The summed E-state index contributed by atoms with van der Waals surface area (Å²) in [7, 11) is 0. The molecule has 1 N–H and O–H groups in total. The van der Waals surface area contributed by atoms with E-state index in [9.17, 15) is 0 Å². The lowest BCUT2D eigenvalue weighted by molar-refractivity contribution is 0.324. The lowest BCUT2D eigenvalue weighted by Crippen LogP contribution is -2.35. The van der Waals surface area contributed by atoms with Crippen molar-refractivity contribution in [1.29, 1.82) is 0 Å². The quantitative estimate of drug-likeness (QED) is 0.817. The summed E-state index contributed by atoms with van der Waals surface area (Å²) in [6.45, 7) is 7.62. The van der Waals surface area contributed by atoms with Crippen molar-refractivity contribution in [2.75, 3.05) is 19.8 Å². The topological polar surface area (TPSA) is 28.2 Å². The van der Waals surface area contributed by atoms with Gasteiger partial charge in [0, 0.05) is 31.5 Å². The van der Waals surface area contributed by atoms with Crippen LogP contribution < -0.4 is 5.32 Å². The second-order valence-electron chi connectivity index (χ2n) is 5.01. The van der Waals surface area contributed by atoms with Gasteiger partial charge in [-0.05, 0) is 31.9 Å². The van der Waals surface area contributed by atoms with Crippen LogP contribution in [-0.4, -0.2) is 35.2 Å². The number of nitrogens with one attached hydrogen (secondary N) is 1. The SMILES string of the molecule is CC1(C)CN(CCc2ccc(Cl)nc2)CN1. The first-order chi connectivity index (χ1) is 7.55. The molecule has 0 radical (unpaired) electrons. The smallest absolute Gasteiger partial charge is 0.129 e. The van der Waals surface area contributed by atoms with Crippen molar-refractivity contribution in [2.24, 2.45) is 0 Å². The predicted octanol–water partition coefficient (Wildman–Crippen LogP) is 1.92. The molecule has 0 unspecified atom stereocenters. The number of halogens is 1. The molecule has 1 saturated heterocycles. The third kappa shape index (κ3) is 3.17. The lowest BCUT2D eigenvalue weighted by Gasteiger charge is -2.18. The lowest BCUT2D eigenvalue weighted by atomic mass is 10.1. The zero-order valence-electron chi connectivity index (χ0n) is 9.83. The number of rotatable bonds is 3. The molecule has 0 saturated carbocycles. The molecule has 16 heavy (non-hydrogen) atoms. The van der Waals surface area contributed by atoms with Crippen LogP contribution in [0.2, 0.25) is 5.15 Å². The van der Waals surface area contributed by atoms with E-state index in [4.69, 9.17) is 11.6 Å². The molecule has 1 aliphatic heterocycles. The van der Waals surface area contributed by atoms with E-state index in [2.05, 4.69) is 29.0 Å². The molecule has 0 atom stereocenters. The molecule has 88 valence electrons. The molecular formula is C12H18ClN3. The van der Waals surface area contributed by atoms with E-state index in [1.807, 2.05) is 18.3 Å². The first-order valence-electron chi connectivity index (χ1n) is 5.63. The fourth-order valence-electron chi connectivity index (χ4n) is 2.00. The highest BCUT2D eigenvalue weighted by Gasteiger charge is 2.27. The molecule has 1 aromatic rings. The number of hydrogen-bond donors (Lipinski definition) is 1. The van der Waals surface area contributed by atoms with Crippen molar-refractivity contribution in [2.45, 2.75) is 25.8 Å². The standard InChI is InChI=1S/C12H18ClN3/c1-12(2)8-16(9-15-12)6-5-10-3-4-11(13)14-7-10/h3-4,7,15H,5-6,8-9H2,1-2H3. The Bertz CT molecular complexity index is 348. The molecule has 1 aliphatic rings. The van der Waals surface area contributed by atoms with Gasteiger partial charge in [0.05, 0.1) is 0 Å². The van der Waals surface area contributed by atoms with Gasteiger partial charge >= 0.3 is 0 Å². The summed E-state index contributed by atoms with van der Waals surface area (Å²) < 4.78 is 0. The van der Waals surface area contributed by atoms with Crippen LogP contribution in [0, 0.1) is 0 Å². The van der Waals surface area contributed by atoms with E-state index in [1.165, 1.54) is 5.56 Å². The van der Waals surface area contributed by atoms with Gasteiger partial charge in [0.1, 0.15) is 5.15 Å². The molecule has 0 bridgehead atoms. The first kappa shape index (κ1) is 11.8. The van der Waals surface area contributed by atoms with Gasteiger partial charge in [-0.3, -0.25) is 10.2 Å². The second kappa shape index (κ2) is 4.70. The van der Waals surface area contributed by atoms with Crippen molar-refractivity contribution < 1.29 is 0 Å². The number of aromatic nitrogens is 1. The summed E-state index contributed by atoms with van der Waals surface area (Å²) >= 11 is 5.74. The zero-order chi connectivity index (χ0) is 11.6. The molecular weight excluding hydrogens is 222 g/mol. The van der Waals surface area contributed by atoms with Gasteiger partial charge in [-0.1, -0.05) is 17.7 Å². The van der Waals surface area contributed by atoms with Gasteiger partial charge in [0.25, 0.3) is 0 Å². The van der Waals surface area contributed by atoms with Crippen LogP contribution in [0.4, 0.5) is 0 Å². The van der Waals surface area contributed by atoms with Crippen LogP contribution in [0.25, 0.3) is 0 Å². The highest BCUT2D eigenvalue weighted by molar-refractivity contribution is 6.29. The largest absolute Gasteiger partial charge is 0.298 e. The maximum atomic E-state index is 5.74. The van der Waals surface area contributed by atoms with E-state index in [0.29, 0.717) is 5.15 Å². The fraction of sp³-hybridized carbons (Fsp3) is 0.583. The number of pyridine rings is 1. The Labute approximate surface area is 102 Å². The summed E-state index contributed by atoms with van der Waals surface area (Å²) in [6, 6.07) is 3.90. The van der Waals surface area contributed by atoms with E-state index in [-0.39, 0.29) is 5.54 Å². The average Bonchev–Trinajstić information content (AvgIpc) is 2.58. The van der Waals surface area contributed by atoms with Crippen molar-refractivity contribution in [3.05, 3.63) is 29.0 Å². The average molecular weight is 240 g/mol. The first-order valence-corrected chi connectivity index (χ1v) is 6.01. The maximum absolute atomic E-state index is 5.74. The minimum Gasteiger partial charge on any atom is -0.298 e. The van der Waals surface area contributed by atoms with Gasteiger partial charge in [-0.25, -0.2) is 4.98 Å². The van der Waals surface area contributed by atoms with Crippen LogP contribution in [0.1, 0.15) is 19.4 Å². The Balaban J connectivity index is 1.82. The van der Waals surface area contributed by atoms with Crippen LogP contribution >= 0.6 is 11.6 Å². The van der Waals surface area contributed by atoms with Crippen LogP contribution in [-0.2, 0) is 6.42 Å². The number of hydrogen-bond acceptors (Lipinski definition) is 3. The minimum absolute atomic E-state index is 0.248. The van der Waals surface area contributed by atoms with Crippen LogP contribution in [0.5, 0.6) is 0 Å². The van der Waals surface area contributed by atoms with Gasteiger partial charge in [0.2, 0.25) is 0 Å². The molecule has 0 aromatic carbocycles. The van der Waals surface area contributed by atoms with Crippen molar-refractivity contribution in [3.63, 3.8) is 0 Å². The zero-order valence-corrected chi connectivity index (χ0v) is 10.6. The summed E-state index contributed by atoms with van der Waals surface area (Å²) in [5.41, 5.74) is 1.49. The molecule has 1 aromatic heterocycles. The molecule has 4 heteroatoms. The fourth-order valence-corrected chi connectivity index (χ4v) is 2.11. The van der Waals surface area contributed by atoms with Gasteiger partial charge in [0.15, 0.2) is 0 Å². The van der Waals surface area contributed by atoms with E-state index in [1.54, 1.807) is 0 Å².